The van der Waals surface area contributed by atoms with Crippen LogP contribution in [0.15, 0.2) is 13.2 Å². The maximum Gasteiger partial charge on any atom is -0.00517 e. The fourth-order valence-electron chi connectivity index (χ4n) is 0.354. The first-order chi connectivity index (χ1) is 6.33. The summed E-state index contributed by atoms with van der Waals surface area (Å²) < 4.78 is 0. The van der Waals surface area contributed by atoms with Crippen molar-refractivity contribution in [3.05, 3.63) is 13.2 Å². The minimum absolute atomic E-state index is 1.10. The molecular formula is C12H31N. The van der Waals surface area contributed by atoms with E-state index >= 15 is 0 Å². The monoisotopic (exact) mass is 189 g/mol. The van der Waals surface area contributed by atoms with Gasteiger partial charge in [0.05, 0.1) is 0 Å². The number of nitrogens with one attached hydrogen (secondary N) is 1. The van der Waals surface area contributed by atoms with Crippen molar-refractivity contribution in [1.82, 2.24) is 5.32 Å². The van der Waals surface area contributed by atoms with Gasteiger partial charge in [-0.1, -0.05) is 48.0 Å². The van der Waals surface area contributed by atoms with Crippen LogP contribution in [-0.2, 0) is 0 Å². The van der Waals surface area contributed by atoms with Crippen LogP contribution >= 0.6 is 0 Å². The molecule has 0 bridgehead atoms. The molecule has 13 heavy (non-hydrogen) atoms. The Bertz CT molecular complexity index is 32.1. The van der Waals surface area contributed by atoms with Gasteiger partial charge in [0, 0.05) is 0 Å². The van der Waals surface area contributed by atoms with Gasteiger partial charge in [-0.3, -0.25) is 0 Å². The number of hydrogen-bond donors (Lipinski definition) is 1. The molecule has 0 radical (unpaired) electrons. The fraction of sp³-hybridized carbons (Fsp3) is 0.833. The Hall–Kier alpha value is -0.300. The summed E-state index contributed by atoms with van der Waals surface area (Å²) in [5.41, 5.74) is 0. The van der Waals surface area contributed by atoms with E-state index in [2.05, 4.69) is 46.2 Å². The number of rotatable bonds is 3. The van der Waals surface area contributed by atoms with E-state index in [1.165, 1.54) is 12.8 Å². The zero-order valence-electron chi connectivity index (χ0n) is 10.7. The second-order valence-corrected chi connectivity index (χ2v) is 2.06. The minimum Gasteiger partial charge on any atom is -0.317 e. The van der Waals surface area contributed by atoms with Crippen molar-refractivity contribution in [2.45, 2.75) is 54.4 Å². The molecule has 0 aromatic heterocycles. The van der Waals surface area contributed by atoms with Gasteiger partial charge >= 0.3 is 0 Å². The van der Waals surface area contributed by atoms with Crippen molar-refractivity contribution >= 4 is 0 Å². The first-order valence-corrected chi connectivity index (χ1v) is 5.54. The molecular weight excluding hydrogens is 158 g/mol. The summed E-state index contributed by atoms with van der Waals surface area (Å²) in [7, 11) is 0. The third-order valence-corrected chi connectivity index (χ3v) is 0.677. The van der Waals surface area contributed by atoms with Crippen LogP contribution in [0, 0.1) is 0 Å². The molecule has 0 heterocycles. The van der Waals surface area contributed by atoms with Crippen LogP contribution in [-0.4, -0.2) is 13.1 Å². The van der Waals surface area contributed by atoms with Crippen molar-refractivity contribution in [1.29, 1.82) is 0 Å². The molecule has 0 spiro atoms. The predicted molar refractivity (Wildman–Crippen MR) is 67.4 cm³/mol. The summed E-state index contributed by atoms with van der Waals surface area (Å²) >= 11 is 0. The Morgan fingerprint density at radius 1 is 0.923 bits per heavy atom. The molecule has 84 valence electrons. The number of hydrogen-bond acceptors (Lipinski definition) is 1. The second kappa shape index (κ2) is 60.6. The van der Waals surface area contributed by atoms with Crippen molar-refractivity contribution in [3.63, 3.8) is 0 Å². The summed E-state index contributed by atoms with van der Waals surface area (Å²) in [6.45, 7) is 20.8. The van der Waals surface area contributed by atoms with Gasteiger partial charge in [-0.25, -0.2) is 0 Å². The first-order valence-electron chi connectivity index (χ1n) is 5.54. The van der Waals surface area contributed by atoms with Crippen molar-refractivity contribution in [2.24, 2.45) is 0 Å². The highest BCUT2D eigenvalue weighted by Crippen LogP contribution is 1.65. The molecule has 0 fully saturated rings. The van der Waals surface area contributed by atoms with Gasteiger partial charge in [0.15, 0.2) is 0 Å². The highest BCUT2D eigenvalue weighted by atomic mass is 14.8. The molecule has 0 atom stereocenters. The van der Waals surface area contributed by atoms with E-state index in [4.69, 9.17) is 0 Å². The van der Waals surface area contributed by atoms with Crippen LogP contribution in [0.5, 0.6) is 0 Å². The SMILES string of the molecule is C=C.CC.CCC.CCCNCC. The molecule has 0 aromatic rings. The van der Waals surface area contributed by atoms with Gasteiger partial charge in [-0.15, -0.1) is 13.2 Å². The molecule has 0 saturated carbocycles. The second-order valence-electron chi connectivity index (χ2n) is 2.06. The standard InChI is InChI=1S/C5H13N.C3H8.C2H6.C2H4/c1-3-5-6-4-2;1-3-2;2*1-2/h6H,3-5H2,1-2H3;3H2,1-2H3;1-2H3;1-2H2. The van der Waals surface area contributed by atoms with Gasteiger partial charge in [0.25, 0.3) is 0 Å². The van der Waals surface area contributed by atoms with E-state index in [0.29, 0.717) is 0 Å². The lowest BCUT2D eigenvalue weighted by atomic mass is 10.5. The normalized spacial score (nSPS) is 6.31. The van der Waals surface area contributed by atoms with Crippen LogP contribution in [0.3, 0.4) is 0 Å². The molecule has 0 aromatic carbocycles. The third-order valence-electron chi connectivity index (χ3n) is 0.677. The summed E-state index contributed by atoms with van der Waals surface area (Å²) in [5, 5.41) is 3.20. The van der Waals surface area contributed by atoms with Crippen LogP contribution in [0.25, 0.3) is 0 Å². The highest BCUT2D eigenvalue weighted by molar-refractivity contribution is 4.35. The van der Waals surface area contributed by atoms with Crippen molar-refractivity contribution < 1.29 is 0 Å². The minimum atomic E-state index is 1.10. The van der Waals surface area contributed by atoms with E-state index in [1.54, 1.807) is 0 Å². The van der Waals surface area contributed by atoms with Crippen molar-refractivity contribution in [3.8, 4) is 0 Å². The van der Waals surface area contributed by atoms with Gasteiger partial charge in [-0.2, -0.15) is 0 Å². The van der Waals surface area contributed by atoms with Crippen LogP contribution in [0.2, 0.25) is 0 Å². The Morgan fingerprint density at radius 3 is 1.31 bits per heavy atom. The van der Waals surface area contributed by atoms with E-state index in [1.807, 2.05) is 13.8 Å². The Kier molecular flexibility index (Phi) is 107. The Balaban J connectivity index is -0.0000000493. The summed E-state index contributed by atoms with van der Waals surface area (Å²) in [6, 6.07) is 0. The summed E-state index contributed by atoms with van der Waals surface area (Å²) in [5.74, 6) is 0. The Labute approximate surface area is 86.6 Å². The van der Waals surface area contributed by atoms with Gasteiger partial charge < -0.3 is 5.32 Å². The van der Waals surface area contributed by atoms with E-state index in [9.17, 15) is 0 Å². The maximum atomic E-state index is 3.20. The molecule has 1 nitrogen and oxygen atoms in total. The molecule has 0 aliphatic carbocycles. The van der Waals surface area contributed by atoms with Crippen LogP contribution in [0.4, 0.5) is 0 Å². The average molecular weight is 189 g/mol. The Morgan fingerprint density at radius 2 is 1.23 bits per heavy atom. The zero-order valence-corrected chi connectivity index (χ0v) is 10.7. The lowest BCUT2D eigenvalue weighted by Crippen LogP contribution is -2.12. The lowest BCUT2D eigenvalue weighted by molar-refractivity contribution is 0.703. The molecule has 0 rings (SSSR count). The third kappa shape index (κ3) is 151. The van der Waals surface area contributed by atoms with Gasteiger partial charge in [0.1, 0.15) is 0 Å². The van der Waals surface area contributed by atoms with Crippen molar-refractivity contribution in [2.75, 3.05) is 13.1 Å². The van der Waals surface area contributed by atoms with Gasteiger partial charge in [0.2, 0.25) is 0 Å². The fourth-order valence-corrected chi connectivity index (χ4v) is 0.354. The van der Waals surface area contributed by atoms with E-state index in [0.717, 1.165) is 13.1 Å². The smallest absolute Gasteiger partial charge is 0.00517 e. The summed E-state index contributed by atoms with van der Waals surface area (Å²) in [6.07, 6.45) is 2.49. The van der Waals surface area contributed by atoms with E-state index in [-0.39, 0.29) is 0 Å². The molecule has 1 heteroatoms. The maximum absolute atomic E-state index is 3.20. The van der Waals surface area contributed by atoms with E-state index < -0.39 is 0 Å². The molecule has 1 N–H and O–H groups in total. The molecule has 0 saturated heterocycles. The molecule has 0 unspecified atom stereocenters. The van der Waals surface area contributed by atoms with Crippen LogP contribution in [0.1, 0.15) is 54.4 Å². The molecule has 0 aliphatic heterocycles. The first kappa shape index (κ1) is 23.0. The van der Waals surface area contributed by atoms with Crippen LogP contribution < -0.4 is 5.32 Å². The predicted octanol–water partition coefficient (Wildman–Crippen LogP) is 4.25. The largest absolute Gasteiger partial charge is 0.317 e. The zero-order chi connectivity index (χ0) is 11.5. The molecule has 0 amide bonds. The highest BCUT2D eigenvalue weighted by Gasteiger charge is 1.71. The quantitative estimate of drug-likeness (QED) is 0.517. The summed E-state index contributed by atoms with van der Waals surface area (Å²) in [4.78, 5) is 0. The topological polar surface area (TPSA) is 12.0 Å². The average Bonchev–Trinajstić information content (AvgIpc) is 2.22. The van der Waals surface area contributed by atoms with Gasteiger partial charge in [-0.05, 0) is 19.5 Å². The molecule has 0 aliphatic rings. The lowest BCUT2D eigenvalue weighted by Gasteiger charge is -1.91.